The molecule has 3 aliphatic rings. The first kappa shape index (κ1) is 15.0. The molecule has 3 saturated heterocycles. The number of rotatable bonds is 2. The summed E-state index contributed by atoms with van der Waals surface area (Å²) >= 11 is 0. The molecule has 3 fully saturated rings. The molecule has 4 rings (SSSR count). The van der Waals surface area contributed by atoms with E-state index in [0.717, 1.165) is 50.3 Å². The summed E-state index contributed by atoms with van der Waals surface area (Å²) in [5, 5.41) is 3.49. The summed E-state index contributed by atoms with van der Waals surface area (Å²) in [7, 11) is 0. The maximum atomic E-state index is 13.4. The molecule has 23 heavy (non-hydrogen) atoms. The van der Waals surface area contributed by atoms with Crippen molar-refractivity contribution < 1.29 is 4.79 Å². The summed E-state index contributed by atoms with van der Waals surface area (Å²) < 4.78 is 0. The van der Waals surface area contributed by atoms with Crippen molar-refractivity contribution >= 4 is 11.6 Å². The number of benzene rings is 1. The number of fused-ring (bicyclic) bond motifs is 2. The lowest BCUT2D eigenvalue weighted by Gasteiger charge is -2.30. The first-order valence-corrected chi connectivity index (χ1v) is 9.13. The average Bonchev–Trinajstić information content (AvgIpc) is 3.14. The van der Waals surface area contributed by atoms with Crippen LogP contribution < -0.4 is 10.2 Å². The van der Waals surface area contributed by atoms with E-state index in [1.54, 1.807) is 0 Å². The highest BCUT2D eigenvalue weighted by Gasteiger charge is 2.39. The molecule has 3 heterocycles. The van der Waals surface area contributed by atoms with Crippen molar-refractivity contribution in [2.45, 2.75) is 51.1 Å². The fraction of sp³-hybridized carbons (Fsp3) is 0.632. The van der Waals surface area contributed by atoms with Crippen molar-refractivity contribution in [2.24, 2.45) is 0 Å². The van der Waals surface area contributed by atoms with Gasteiger partial charge in [-0.15, -0.1) is 0 Å². The third kappa shape index (κ3) is 2.74. The Kier molecular flexibility index (Phi) is 4.02. The van der Waals surface area contributed by atoms with Gasteiger partial charge >= 0.3 is 0 Å². The highest BCUT2D eigenvalue weighted by atomic mass is 16.2. The van der Waals surface area contributed by atoms with E-state index in [1.165, 1.54) is 24.8 Å². The molecular formula is C19H27N3O. The average molecular weight is 313 g/mol. The van der Waals surface area contributed by atoms with Crippen LogP contribution in [0.1, 0.15) is 48.0 Å². The Morgan fingerprint density at radius 3 is 2.74 bits per heavy atom. The lowest BCUT2D eigenvalue weighted by atomic mass is 10.1. The van der Waals surface area contributed by atoms with Crippen LogP contribution in [0.4, 0.5) is 5.69 Å². The first-order chi connectivity index (χ1) is 11.2. The molecule has 3 aliphatic heterocycles. The summed E-state index contributed by atoms with van der Waals surface area (Å²) in [5.74, 6) is 0.256. The topological polar surface area (TPSA) is 35.6 Å². The van der Waals surface area contributed by atoms with Gasteiger partial charge in [-0.1, -0.05) is 11.6 Å². The minimum Gasteiger partial charge on any atom is -0.371 e. The second kappa shape index (κ2) is 6.16. The van der Waals surface area contributed by atoms with Gasteiger partial charge in [-0.05, 0) is 57.7 Å². The van der Waals surface area contributed by atoms with E-state index in [2.05, 4.69) is 40.2 Å². The fourth-order valence-corrected chi connectivity index (χ4v) is 4.51. The zero-order valence-corrected chi connectivity index (χ0v) is 14.1. The van der Waals surface area contributed by atoms with Gasteiger partial charge in [0.15, 0.2) is 0 Å². The third-order valence-electron chi connectivity index (χ3n) is 5.72. The Balaban J connectivity index is 1.68. The van der Waals surface area contributed by atoms with Gasteiger partial charge in [-0.3, -0.25) is 4.79 Å². The maximum absolute atomic E-state index is 13.4. The summed E-state index contributed by atoms with van der Waals surface area (Å²) in [4.78, 5) is 18.0. The highest BCUT2D eigenvalue weighted by molar-refractivity contribution is 6.00. The smallest absolute Gasteiger partial charge is 0.256 e. The van der Waals surface area contributed by atoms with Gasteiger partial charge in [0.05, 0.1) is 5.56 Å². The van der Waals surface area contributed by atoms with Gasteiger partial charge in [0.25, 0.3) is 5.91 Å². The molecule has 0 saturated carbocycles. The summed E-state index contributed by atoms with van der Waals surface area (Å²) in [6.07, 6.45) is 5.88. The predicted molar refractivity (Wildman–Crippen MR) is 93.1 cm³/mol. The Hall–Kier alpha value is -1.55. The Labute approximate surface area is 138 Å². The lowest BCUT2D eigenvalue weighted by molar-refractivity contribution is 0.0681. The molecule has 0 spiro atoms. The van der Waals surface area contributed by atoms with Gasteiger partial charge < -0.3 is 15.1 Å². The van der Waals surface area contributed by atoms with Gasteiger partial charge in [-0.25, -0.2) is 0 Å². The molecule has 1 aromatic rings. The number of hydrogen-bond acceptors (Lipinski definition) is 3. The van der Waals surface area contributed by atoms with Crippen LogP contribution in [-0.4, -0.2) is 49.1 Å². The Bertz CT molecular complexity index is 580. The number of amides is 1. The van der Waals surface area contributed by atoms with E-state index >= 15 is 0 Å². The van der Waals surface area contributed by atoms with Gasteiger partial charge in [-0.2, -0.15) is 0 Å². The number of nitrogens with zero attached hydrogens (tertiary/aromatic N) is 2. The Morgan fingerprint density at radius 1 is 1.13 bits per heavy atom. The van der Waals surface area contributed by atoms with Crippen LogP contribution in [0.3, 0.4) is 0 Å². The van der Waals surface area contributed by atoms with Crippen LogP contribution in [0.5, 0.6) is 0 Å². The molecule has 2 unspecified atom stereocenters. The number of aryl methyl sites for hydroxylation is 1. The fourth-order valence-electron chi connectivity index (χ4n) is 4.51. The molecule has 4 nitrogen and oxygen atoms in total. The molecule has 124 valence electrons. The Morgan fingerprint density at radius 2 is 1.91 bits per heavy atom. The van der Waals surface area contributed by atoms with Gasteiger partial charge in [0.2, 0.25) is 0 Å². The zero-order valence-electron chi connectivity index (χ0n) is 14.1. The molecule has 2 atom stereocenters. The number of carbonyl (C=O) groups excluding carboxylic acids is 1. The van der Waals surface area contributed by atoms with E-state index in [9.17, 15) is 4.79 Å². The second-order valence-corrected chi connectivity index (χ2v) is 7.30. The van der Waals surface area contributed by atoms with E-state index in [0.29, 0.717) is 12.1 Å². The normalized spacial score (nSPS) is 27.3. The summed E-state index contributed by atoms with van der Waals surface area (Å²) in [5.41, 5.74) is 3.25. The lowest BCUT2D eigenvalue weighted by Crippen LogP contribution is -2.43. The molecule has 0 radical (unpaired) electrons. The number of anilines is 1. The number of hydrogen-bond donors (Lipinski definition) is 1. The molecule has 1 amide bonds. The first-order valence-electron chi connectivity index (χ1n) is 9.13. The maximum Gasteiger partial charge on any atom is 0.256 e. The zero-order chi connectivity index (χ0) is 15.8. The van der Waals surface area contributed by atoms with Gasteiger partial charge in [0, 0.05) is 37.4 Å². The van der Waals surface area contributed by atoms with E-state index in [1.807, 2.05) is 0 Å². The molecular weight excluding hydrogens is 286 g/mol. The number of nitrogens with one attached hydrogen (secondary N) is 1. The highest BCUT2D eigenvalue weighted by Crippen LogP contribution is 2.33. The number of carbonyl (C=O) groups is 1. The van der Waals surface area contributed by atoms with Crippen LogP contribution in [0.25, 0.3) is 0 Å². The molecule has 0 aromatic heterocycles. The van der Waals surface area contributed by atoms with Crippen molar-refractivity contribution in [1.82, 2.24) is 10.2 Å². The van der Waals surface area contributed by atoms with Crippen molar-refractivity contribution in [3.63, 3.8) is 0 Å². The van der Waals surface area contributed by atoms with Crippen LogP contribution in [0, 0.1) is 6.92 Å². The van der Waals surface area contributed by atoms with E-state index in [4.69, 9.17) is 0 Å². The molecule has 1 aromatic carbocycles. The van der Waals surface area contributed by atoms with Crippen LogP contribution in [-0.2, 0) is 0 Å². The van der Waals surface area contributed by atoms with Crippen molar-refractivity contribution in [3.8, 4) is 0 Å². The summed E-state index contributed by atoms with van der Waals surface area (Å²) in [6, 6.07) is 7.21. The summed E-state index contributed by atoms with van der Waals surface area (Å²) in [6.45, 7) is 6.24. The molecule has 1 N–H and O–H groups in total. The van der Waals surface area contributed by atoms with Crippen molar-refractivity contribution in [2.75, 3.05) is 31.1 Å². The third-order valence-corrected chi connectivity index (χ3v) is 5.72. The SMILES string of the molecule is Cc1ccc(N2CCCC2)c(C(=O)N2C3CCNCC2CC3)c1. The minimum atomic E-state index is 0.256. The van der Waals surface area contributed by atoms with Gasteiger partial charge in [0.1, 0.15) is 0 Å². The van der Waals surface area contributed by atoms with Crippen LogP contribution in [0.2, 0.25) is 0 Å². The van der Waals surface area contributed by atoms with Crippen molar-refractivity contribution in [1.29, 1.82) is 0 Å². The quantitative estimate of drug-likeness (QED) is 0.911. The van der Waals surface area contributed by atoms with E-state index < -0.39 is 0 Å². The largest absolute Gasteiger partial charge is 0.371 e. The standard InChI is InChI=1S/C19H27N3O/c1-14-4-7-18(21-10-2-3-11-21)17(12-14)19(23)22-15-5-6-16(22)13-20-9-8-15/h4,7,12,15-16,20H,2-3,5-6,8-11,13H2,1H3. The molecule has 0 aliphatic carbocycles. The molecule has 4 heteroatoms. The van der Waals surface area contributed by atoms with Crippen LogP contribution >= 0.6 is 0 Å². The predicted octanol–water partition coefficient (Wildman–Crippen LogP) is 2.56. The van der Waals surface area contributed by atoms with Crippen molar-refractivity contribution in [3.05, 3.63) is 29.3 Å². The minimum absolute atomic E-state index is 0.256. The van der Waals surface area contributed by atoms with Crippen LogP contribution in [0.15, 0.2) is 18.2 Å². The monoisotopic (exact) mass is 313 g/mol. The second-order valence-electron chi connectivity index (χ2n) is 7.30. The molecule has 2 bridgehead atoms. The van der Waals surface area contributed by atoms with E-state index in [-0.39, 0.29) is 5.91 Å².